The number of likely N-dealkylation sites (N-methyl/N-ethyl adjacent to an activating group) is 1. The van der Waals surface area contributed by atoms with Gasteiger partial charge in [0.25, 0.3) is 5.91 Å². The highest BCUT2D eigenvalue weighted by Gasteiger charge is 2.33. The normalized spacial score (nSPS) is 15.3. The number of carbonyl (C=O) groups excluding carboxylic acids is 1. The predicted octanol–water partition coefficient (Wildman–Crippen LogP) is 5.45. The smallest absolute Gasteiger partial charge is 0.289 e. The first-order chi connectivity index (χ1) is 17.6. The lowest BCUT2D eigenvalue weighted by molar-refractivity contribution is 0.0555. The zero-order valence-electron chi connectivity index (χ0n) is 21.3. The van der Waals surface area contributed by atoms with E-state index in [9.17, 15) is 4.79 Å². The van der Waals surface area contributed by atoms with Crippen molar-refractivity contribution in [3.63, 3.8) is 0 Å². The summed E-state index contributed by atoms with van der Waals surface area (Å²) in [5.74, 6) is 2.42. The Morgan fingerprint density at radius 2 is 1.97 bits per heavy atom. The molecule has 2 aromatic carbocycles. The van der Waals surface area contributed by atoms with E-state index in [0.29, 0.717) is 18.3 Å². The minimum absolute atomic E-state index is 0.0556. The summed E-state index contributed by atoms with van der Waals surface area (Å²) in [7, 11) is 3.58. The highest BCUT2D eigenvalue weighted by Crippen LogP contribution is 2.30. The molecule has 190 valence electrons. The average Bonchev–Trinajstić information content (AvgIpc) is 3.46. The lowest BCUT2D eigenvalue weighted by Gasteiger charge is -2.40. The fourth-order valence-electron chi connectivity index (χ4n) is 5.05. The van der Waals surface area contributed by atoms with Crippen LogP contribution in [0.15, 0.2) is 84.0 Å². The minimum atomic E-state index is -0.0800. The third-order valence-electron chi connectivity index (χ3n) is 7.03. The Morgan fingerprint density at radius 3 is 2.69 bits per heavy atom. The van der Waals surface area contributed by atoms with Crippen LogP contribution in [0.5, 0.6) is 11.5 Å². The van der Waals surface area contributed by atoms with E-state index < -0.39 is 0 Å². The first kappa shape index (κ1) is 25.6. The highest BCUT2D eigenvalue weighted by molar-refractivity contribution is 5.91. The zero-order chi connectivity index (χ0) is 25.3. The maximum absolute atomic E-state index is 13.2. The molecule has 0 radical (unpaired) electrons. The van der Waals surface area contributed by atoms with Crippen molar-refractivity contribution in [1.29, 1.82) is 0 Å². The van der Waals surface area contributed by atoms with Gasteiger partial charge in [-0.3, -0.25) is 9.69 Å². The maximum atomic E-state index is 13.2. The number of nitrogens with zero attached hydrogens (tertiary/aromatic N) is 2. The van der Waals surface area contributed by atoms with Gasteiger partial charge in [-0.2, -0.15) is 0 Å². The number of para-hydroxylation sites is 1. The molecule has 6 heteroatoms. The monoisotopic (exact) mass is 488 g/mol. The standard InChI is InChI=1S/C30H36N2O4/c1-4-18-35-28-12-6-5-10-25(28)22-32-16-14-24(15-17-32)27(21-23-9-7-11-26(20-23)34-3)31(2)30(33)29-13-8-19-36-29/h4-13,19-20,24,27H,1,14-18,21-22H2,2-3H3/t27-/m0/s1. The number of ether oxygens (including phenoxy) is 2. The predicted molar refractivity (Wildman–Crippen MR) is 141 cm³/mol. The molecule has 1 fully saturated rings. The number of furan rings is 1. The van der Waals surface area contributed by atoms with Crippen LogP contribution in [0.3, 0.4) is 0 Å². The lowest BCUT2D eigenvalue weighted by atomic mass is 9.84. The van der Waals surface area contributed by atoms with E-state index in [1.54, 1.807) is 31.6 Å². The van der Waals surface area contributed by atoms with E-state index in [1.165, 1.54) is 5.56 Å². The molecule has 36 heavy (non-hydrogen) atoms. The van der Waals surface area contributed by atoms with Gasteiger partial charge in [0.05, 0.1) is 13.4 Å². The second-order valence-corrected chi connectivity index (χ2v) is 9.34. The van der Waals surface area contributed by atoms with Crippen LogP contribution in [-0.4, -0.2) is 55.6 Å². The summed E-state index contributed by atoms with van der Waals surface area (Å²) < 4.78 is 16.7. The third kappa shape index (κ3) is 6.38. The summed E-state index contributed by atoms with van der Waals surface area (Å²) in [5.41, 5.74) is 2.35. The van der Waals surface area contributed by atoms with E-state index >= 15 is 0 Å². The number of benzene rings is 2. The Hall–Kier alpha value is -3.51. The van der Waals surface area contributed by atoms with E-state index in [2.05, 4.69) is 35.7 Å². The molecule has 3 aromatic rings. The molecule has 0 saturated carbocycles. The van der Waals surface area contributed by atoms with Crippen LogP contribution in [0.25, 0.3) is 0 Å². The van der Waals surface area contributed by atoms with Crippen molar-refractivity contribution in [2.45, 2.75) is 31.8 Å². The highest BCUT2D eigenvalue weighted by atomic mass is 16.5. The summed E-state index contributed by atoms with van der Waals surface area (Å²) in [6, 6.07) is 19.9. The lowest BCUT2D eigenvalue weighted by Crippen LogP contribution is -2.47. The van der Waals surface area contributed by atoms with Crippen molar-refractivity contribution in [2.24, 2.45) is 5.92 Å². The topological polar surface area (TPSA) is 55.2 Å². The van der Waals surface area contributed by atoms with Gasteiger partial charge >= 0.3 is 0 Å². The van der Waals surface area contributed by atoms with Gasteiger partial charge in [-0.05, 0) is 74.2 Å². The molecule has 6 nitrogen and oxygen atoms in total. The van der Waals surface area contributed by atoms with Crippen molar-refractivity contribution < 1.29 is 18.7 Å². The molecule has 0 unspecified atom stereocenters. The van der Waals surface area contributed by atoms with Crippen LogP contribution >= 0.6 is 0 Å². The van der Waals surface area contributed by atoms with E-state index in [-0.39, 0.29) is 11.9 Å². The number of amides is 1. The Kier molecular flexibility index (Phi) is 8.85. The van der Waals surface area contributed by atoms with Crippen LogP contribution in [0.1, 0.15) is 34.5 Å². The second kappa shape index (κ2) is 12.5. The van der Waals surface area contributed by atoms with Gasteiger partial charge in [0.15, 0.2) is 5.76 Å². The van der Waals surface area contributed by atoms with Gasteiger partial charge < -0.3 is 18.8 Å². The molecule has 0 N–H and O–H groups in total. The van der Waals surface area contributed by atoms with Crippen molar-refractivity contribution in [1.82, 2.24) is 9.80 Å². The fraction of sp³-hybridized carbons (Fsp3) is 0.367. The fourth-order valence-corrected chi connectivity index (χ4v) is 5.05. The van der Waals surface area contributed by atoms with Gasteiger partial charge in [-0.25, -0.2) is 0 Å². The molecule has 1 aliphatic rings. The Morgan fingerprint density at radius 1 is 1.17 bits per heavy atom. The molecule has 1 amide bonds. The molecule has 0 spiro atoms. The summed E-state index contributed by atoms with van der Waals surface area (Å²) >= 11 is 0. The number of rotatable bonds is 11. The summed E-state index contributed by atoms with van der Waals surface area (Å²) in [5, 5.41) is 0. The second-order valence-electron chi connectivity index (χ2n) is 9.34. The van der Waals surface area contributed by atoms with E-state index in [4.69, 9.17) is 13.9 Å². The first-order valence-corrected chi connectivity index (χ1v) is 12.6. The van der Waals surface area contributed by atoms with Gasteiger partial charge in [-0.15, -0.1) is 0 Å². The van der Waals surface area contributed by atoms with Gasteiger partial charge in [-0.1, -0.05) is 43.0 Å². The molecule has 1 atom stereocenters. The minimum Gasteiger partial charge on any atom is -0.497 e. The SMILES string of the molecule is C=CCOc1ccccc1CN1CCC([C@H](Cc2cccc(OC)c2)N(C)C(=O)c2ccco2)CC1. The molecular formula is C30H36N2O4. The van der Waals surface area contributed by atoms with Crippen molar-refractivity contribution in [2.75, 3.05) is 33.9 Å². The van der Waals surface area contributed by atoms with Crippen molar-refractivity contribution >= 4 is 5.91 Å². The zero-order valence-corrected chi connectivity index (χ0v) is 21.3. The Balaban J connectivity index is 1.46. The first-order valence-electron chi connectivity index (χ1n) is 12.6. The molecule has 0 aliphatic carbocycles. The number of hydrogen-bond acceptors (Lipinski definition) is 5. The summed E-state index contributed by atoms with van der Waals surface area (Å²) in [4.78, 5) is 17.6. The van der Waals surface area contributed by atoms with Crippen LogP contribution in [-0.2, 0) is 13.0 Å². The number of carbonyl (C=O) groups is 1. The molecule has 1 aromatic heterocycles. The molecule has 1 aliphatic heterocycles. The quantitative estimate of drug-likeness (QED) is 0.336. The molecule has 1 saturated heterocycles. The molecule has 2 heterocycles. The average molecular weight is 489 g/mol. The van der Waals surface area contributed by atoms with E-state index in [1.807, 2.05) is 36.2 Å². The number of methoxy groups -OCH3 is 1. The number of likely N-dealkylation sites (tertiary alicyclic amines) is 1. The largest absolute Gasteiger partial charge is 0.497 e. The Bertz CT molecular complexity index is 1120. The van der Waals surface area contributed by atoms with Gasteiger partial charge in [0, 0.05) is 25.2 Å². The maximum Gasteiger partial charge on any atom is 0.289 e. The Labute approximate surface area is 214 Å². The van der Waals surface area contributed by atoms with Crippen LogP contribution in [0.4, 0.5) is 0 Å². The number of piperidine rings is 1. The van der Waals surface area contributed by atoms with Gasteiger partial charge in [0.1, 0.15) is 18.1 Å². The molecule has 4 rings (SSSR count). The van der Waals surface area contributed by atoms with Crippen molar-refractivity contribution in [3.05, 3.63) is 96.5 Å². The van der Waals surface area contributed by atoms with Crippen LogP contribution in [0.2, 0.25) is 0 Å². The van der Waals surface area contributed by atoms with E-state index in [0.717, 1.165) is 56.0 Å². The van der Waals surface area contributed by atoms with Crippen molar-refractivity contribution in [3.8, 4) is 11.5 Å². The summed E-state index contributed by atoms with van der Waals surface area (Å²) in [6.07, 6.45) is 6.11. The van der Waals surface area contributed by atoms with Crippen LogP contribution in [0, 0.1) is 5.92 Å². The third-order valence-corrected chi connectivity index (χ3v) is 7.03. The summed E-state index contributed by atoms with van der Waals surface area (Å²) in [6.45, 7) is 7.04. The number of hydrogen-bond donors (Lipinski definition) is 0. The molecular weight excluding hydrogens is 452 g/mol. The van der Waals surface area contributed by atoms with Gasteiger partial charge in [0.2, 0.25) is 0 Å². The van der Waals surface area contributed by atoms with Crippen LogP contribution < -0.4 is 9.47 Å². The molecule has 0 bridgehead atoms.